The fraction of sp³-hybridized carbons (Fsp3) is 0.158. The summed E-state index contributed by atoms with van der Waals surface area (Å²) in [4.78, 5) is 31.2. The molecule has 1 amide bonds. The van der Waals surface area contributed by atoms with Crippen molar-refractivity contribution in [3.05, 3.63) is 83.4 Å². The first-order valence-electron chi connectivity index (χ1n) is 7.94. The van der Waals surface area contributed by atoms with Crippen LogP contribution >= 0.6 is 0 Å². The summed E-state index contributed by atoms with van der Waals surface area (Å²) >= 11 is 0. The average Bonchev–Trinajstić information content (AvgIpc) is 3.19. The number of likely N-dealkylation sites (N-methyl/N-ethyl adjacent to an activating group) is 1. The molecule has 3 aromatic rings. The lowest BCUT2D eigenvalue weighted by Gasteiger charge is -2.17. The molecular weight excluding hydrogens is 316 g/mol. The Bertz CT molecular complexity index is 860. The highest BCUT2D eigenvalue weighted by atomic mass is 16.2. The number of aromatic nitrogens is 3. The monoisotopic (exact) mass is 334 g/mol. The third-order valence-electron chi connectivity index (χ3n) is 3.93. The normalized spacial score (nSPS) is 10.4. The highest BCUT2D eigenvalue weighted by Crippen LogP contribution is 2.14. The summed E-state index contributed by atoms with van der Waals surface area (Å²) in [5.41, 5.74) is 2.03. The van der Waals surface area contributed by atoms with Gasteiger partial charge in [0.1, 0.15) is 5.69 Å². The molecule has 0 radical (unpaired) electrons. The van der Waals surface area contributed by atoms with Gasteiger partial charge in [0.15, 0.2) is 5.78 Å². The van der Waals surface area contributed by atoms with Crippen molar-refractivity contribution in [2.24, 2.45) is 0 Å². The van der Waals surface area contributed by atoms with E-state index in [0.717, 1.165) is 5.56 Å². The molecule has 0 aliphatic carbocycles. The van der Waals surface area contributed by atoms with Crippen LogP contribution in [0.5, 0.6) is 0 Å². The summed E-state index contributed by atoms with van der Waals surface area (Å²) in [5, 5.41) is 6.63. The Morgan fingerprint density at radius 3 is 2.64 bits per heavy atom. The summed E-state index contributed by atoms with van der Waals surface area (Å²) in [6, 6.07) is 12.2. The van der Waals surface area contributed by atoms with E-state index in [1.807, 2.05) is 6.07 Å². The third-order valence-corrected chi connectivity index (χ3v) is 3.93. The molecule has 6 heteroatoms. The minimum Gasteiger partial charge on any atom is -0.340 e. The maximum atomic E-state index is 12.7. The predicted octanol–water partition coefficient (Wildman–Crippen LogP) is 2.35. The Hall–Kier alpha value is -3.28. The summed E-state index contributed by atoms with van der Waals surface area (Å²) in [6.07, 6.45) is 5.72. The van der Waals surface area contributed by atoms with Gasteiger partial charge in [-0.3, -0.25) is 19.7 Å². The molecule has 25 heavy (non-hydrogen) atoms. The van der Waals surface area contributed by atoms with Crippen molar-refractivity contribution in [2.45, 2.75) is 6.42 Å². The van der Waals surface area contributed by atoms with Crippen molar-refractivity contribution in [1.82, 2.24) is 20.1 Å². The second-order valence-corrected chi connectivity index (χ2v) is 5.68. The molecule has 0 fully saturated rings. The van der Waals surface area contributed by atoms with Gasteiger partial charge in [-0.2, -0.15) is 5.10 Å². The number of rotatable bonds is 6. The Kier molecular flexibility index (Phi) is 4.99. The largest absolute Gasteiger partial charge is 0.340 e. The quantitative estimate of drug-likeness (QED) is 0.702. The number of hydrogen-bond donors (Lipinski definition) is 1. The van der Waals surface area contributed by atoms with Crippen molar-refractivity contribution < 1.29 is 9.59 Å². The van der Waals surface area contributed by atoms with Gasteiger partial charge in [-0.1, -0.05) is 30.3 Å². The van der Waals surface area contributed by atoms with Crippen LogP contribution in [0.4, 0.5) is 0 Å². The number of H-pyrrole nitrogens is 1. The third kappa shape index (κ3) is 3.80. The van der Waals surface area contributed by atoms with Crippen LogP contribution in [0.1, 0.15) is 32.0 Å². The molecule has 6 nitrogen and oxygen atoms in total. The molecule has 3 rings (SSSR count). The molecule has 1 aromatic carbocycles. The van der Waals surface area contributed by atoms with Crippen molar-refractivity contribution in [1.29, 1.82) is 0 Å². The minimum atomic E-state index is -0.275. The molecule has 0 aliphatic heterocycles. The van der Waals surface area contributed by atoms with Gasteiger partial charge < -0.3 is 4.90 Å². The topological polar surface area (TPSA) is 79.0 Å². The fourth-order valence-corrected chi connectivity index (χ4v) is 2.50. The zero-order valence-corrected chi connectivity index (χ0v) is 13.8. The molecule has 2 aromatic heterocycles. The van der Waals surface area contributed by atoms with Gasteiger partial charge in [0.2, 0.25) is 0 Å². The minimum absolute atomic E-state index is 0.172. The van der Waals surface area contributed by atoms with Crippen LogP contribution in [0.25, 0.3) is 0 Å². The van der Waals surface area contributed by atoms with Gasteiger partial charge >= 0.3 is 0 Å². The van der Waals surface area contributed by atoms with E-state index in [1.54, 1.807) is 60.7 Å². The van der Waals surface area contributed by atoms with Gasteiger partial charge in [-0.05, 0) is 24.1 Å². The molecule has 0 saturated heterocycles. The fourth-order valence-electron chi connectivity index (χ4n) is 2.50. The average molecular weight is 334 g/mol. The van der Waals surface area contributed by atoms with Crippen LogP contribution in [0, 0.1) is 0 Å². The first kappa shape index (κ1) is 16.6. The lowest BCUT2D eigenvalue weighted by Crippen LogP contribution is -2.31. The van der Waals surface area contributed by atoms with Gasteiger partial charge in [-0.15, -0.1) is 0 Å². The lowest BCUT2D eigenvalue weighted by molar-refractivity contribution is 0.0785. The highest BCUT2D eigenvalue weighted by molar-refractivity contribution is 6.14. The Morgan fingerprint density at radius 2 is 1.92 bits per heavy atom. The van der Waals surface area contributed by atoms with E-state index in [-0.39, 0.29) is 17.4 Å². The Labute approximate surface area is 145 Å². The Morgan fingerprint density at radius 1 is 1.12 bits per heavy atom. The number of benzene rings is 1. The summed E-state index contributed by atoms with van der Waals surface area (Å²) in [5.74, 6) is -0.483. The number of carbonyl (C=O) groups is 2. The number of pyridine rings is 1. The zero-order valence-electron chi connectivity index (χ0n) is 13.8. The second kappa shape index (κ2) is 7.53. The number of amides is 1. The molecule has 0 saturated carbocycles. The van der Waals surface area contributed by atoms with Gasteiger partial charge in [0, 0.05) is 31.5 Å². The maximum Gasteiger partial charge on any atom is 0.272 e. The molecule has 0 unspecified atom stereocenters. The van der Waals surface area contributed by atoms with Crippen molar-refractivity contribution in [2.75, 3.05) is 13.6 Å². The number of carbonyl (C=O) groups excluding carboxylic acids is 2. The van der Waals surface area contributed by atoms with Crippen LogP contribution in [0.2, 0.25) is 0 Å². The van der Waals surface area contributed by atoms with E-state index in [2.05, 4.69) is 15.2 Å². The molecular formula is C19H18N4O2. The Balaban J connectivity index is 1.80. The van der Waals surface area contributed by atoms with Crippen LogP contribution < -0.4 is 0 Å². The smallest absolute Gasteiger partial charge is 0.272 e. The molecule has 0 aliphatic rings. The predicted molar refractivity (Wildman–Crippen MR) is 93.4 cm³/mol. The van der Waals surface area contributed by atoms with Crippen molar-refractivity contribution in [3.8, 4) is 0 Å². The number of nitrogens with one attached hydrogen (secondary N) is 1. The van der Waals surface area contributed by atoms with Crippen molar-refractivity contribution >= 4 is 11.7 Å². The molecule has 0 spiro atoms. The standard InChI is InChI=1S/C19H18N4O2/c1-23(11-9-14-12-21-22-13-14)19(25)17-16(8-5-10-20-17)18(24)15-6-3-2-4-7-15/h2-8,10,12-13H,9,11H2,1H3,(H,21,22). The molecule has 1 N–H and O–H groups in total. The number of ketones is 1. The summed E-state index contributed by atoms with van der Waals surface area (Å²) in [7, 11) is 1.70. The van der Waals surface area contributed by atoms with Gasteiger partial charge in [0.05, 0.1) is 11.8 Å². The van der Waals surface area contributed by atoms with Crippen LogP contribution in [0.3, 0.4) is 0 Å². The van der Waals surface area contributed by atoms with Gasteiger partial charge in [-0.25, -0.2) is 0 Å². The second-order valence-electron chi connectivity index (χ2n) is 5.68. The van der Waals surface area contributed by atoms with E-state index in [9.17, 15) is 9.59 Å². The molecule has 126 valence electrons. The van der Waals surface area contributed by atoms with E-state index in [0.29, 0.717) is 24.1 Å². The summed E-state index contributed by atoms with van der Waals surface area (Å²) in [6.45, 7) is 0.508. The number of hydrogen-bond acceptors (Lipinski definition) is 4. The zero-order chi connectivity index (χ0) is 17.6. The SMILES string of the molecule is CN(CCc1cn[nH]c1)C(=O)c1ncccc1C(=O)c1ccccc1. The van der Waals surface area contributed by atoms with E-state index < -0.39 is 0 Å². The van der Waals surface area contributed by atoms with E-state index in [1.165, 1.54) is 6.20 Å². The molecule has 0 atom stereocenters. The first-order valence-corrected chi connectivity index (χ1v) is 7.94. The molecule has 2 heterocycles. The highest BCUT2D eigenvalue weighted by Gasteiger charge is 2.22. The van der Waals surface area contributed by atoms with Crippen LogP contribution in [-0.4, -0.2) is 45.4 Å². The van der Waals surface area contributed by atoms with Crippen LogP contribution in [0.15, 0.2) is 61.1 Å². The van der Waals surface area contributed by atoms with Crippen LogP contribution in [-0.2, 0) is 6.42 Å². The van der Waals surface area contributed by atoms with E-state index in [4.69, 9.17) is 0 Å². The lowest BCUT2D eigenvalue weighted by atomic mass is 10.0. The first-order chi connectivity index (χ1) is 12.2. The number of aromatic amines is 1. The van der Waals surface area contributed by atoms with E-state index >= 15 is 0 Å². The number of nitrogens with zero attached hydrogens (tertiary/aromatic N) is 3. The maximum absolute atomic E-state index is 12.7. The van der Waals surface area contributed by atoms with Gasteiger partial charge in [0.25, 0.3) is 5.91 Å². The molecule has 0 bridgehead atoms. The summed E-state index contributed by atoms with van der Waals surface area (Å²) < 4.78 is 0. The van der Waals surface area contributed by atoms with Crippen molar-refractivity contribution in [3.63, 3.8) is 0 Å².